The van der Waals surface area contributed by atoms with Crippen molar-refractivity contribution in [2.75, 3.05) is 4.90 Å². The van der Waals surface area contributed by atoms with Crippen LogP contribution in [0.3, 0.4) is 0 Å². The minimum atomic E-state index is -2.65. The highest BCUT2D eigenvalue weighted by Gasteiger charge is 2.48. The van der Waals surface area contributed by atoms with Gasteiger partial charge in [-0.1, -0.05) is 200 Å². The summed E-state index contributed by atoms with van der Waals surface area (Å²) in [5, 5.41) is 13.1. The summed E-state index contributed by atoms with van der Waals surface area (Å²) in [5.74, 6) is 0. The molecule has 2 heterocycles. The Kier molecular flexibility index (Phi) is 8.58. The molecule has 0 N–H and O–H groups in total. The van der Waals surface area contributed by atoms with Crippen LogP contribution in [0.4, 0.5) is 17.1 Å². The van der Waals surface area contributed by atoms with E-state index in [-0.39, 0.29) is 0 Å². The van der Waals surface area contributed by atoms with Crippen molar-refractivity contribution in [2.45, 2.75) is 0 Å². The van der Waals surface area contributed by atoms with Gasteiger partial charge >= 0.3 is 0 Å². The zero-order valence-electron chi connectivity index (χ0n) is 35.6. The second-order valence-corrected chi connectivity index (χ2v) is 20.9. The van der Waals surface area contributed by atoms with Crippen LogP contribution in [0.5, 0.6) is 0 Å². The van der Waals surface area contributed by atoms with E-state index in [1.807, 2.05) is 0 Å². The maximum Gasteiger partial charge on any atom is 0.180 e. The lowest BCUT2D eigenvalue weighted by molar-refractivity contribution is 1.18. The average Bonchev–Trinajstić information content (AvgIpc) is 3.88. The highest BCUT2D eigenvalue weighted by Crippen LogP contribution is 2.45. The summed E-state index contributed by atoms with van der Waals surface area (Å²) >= 11 is 0. The monoisotopic (exact) mass is 842 g/mol. The standard InChI is InChI=1S/C62H42N2Si/c1-4-20-45(21-5-1)64-57-32-16-14-30-55(57)62-51(31-18-33-58(62)64)43-35-37-46(38-36-43)63(59-41-44-19-10-11-26-50(44)52-27-12-13-28-53(52)59)47-39-40-61-56(42-47)54-29-15-17-34-60(54)65(61,48-22-6-2-7-23-48)49-24-8-3-9-25-49/h1-42H. The van der Waals surface area contributed by atoms with Crippen LogP contribution in [0.2, 0.25) is 0 Å². The number of hydrogen-bond acceptors (Lipinski definition) is 1. The fourth-order valence-electron chi connectivity index (χ4n) is 11.1. The number of hydrogen-bond donors (Lipinski definition) is 0. The van der Waals surface area contributed by atoms with Crippen molar-refractivity contribution in [3.05, 3.63) is 255 Å². The molecule has 0 unspecified atom stereocenters. The Balaban J connectivity index is 1.04. The number of benzene rings is 11. The van der Waals surface area contributed by atoms with E-state index < -0.39 is 8.07 Å². The number of anilines is 3. The summed E-state index contributed by atoms with van der Waals surface area (Å²) in [6, 6.07) is 94.7. The Morgan fingerprint density at radius 3 is 1.65 bits per heavy atom. The molecule has 3 heteroatoms. The van der Waals surface area contributed by atoms with Gasteiger partial charge in [0.2, 0.25) is 0 Å². The fraction of sp³-hybridized carbons (Fsp3) is 0. The summed E-state index contributed by atoms with van der Waals surface area (Å²) in [5.41, 5.74) is 12.0. The number of para-hydroxylation sites is 2. The van der Waals surface area contributed by atoms with E-state index in [2.05, 4.69) is 264 Å². The van der Waals surface area contributed by atoms with Crippen LogP contribution in [0.25, 0.3) is 71.3 Å². The smallest absolute Gasteiger partial charge is 0.180 e. The Labute approximate surface area is 379 Å². The molecule has 0 bridgehead atoms. The molecule has 0 atom stereocenters. The second-order valence-electron chi connectivity index (χ2n) is 17.2. The van der Waals surface area contributed by atoms with E-state index >= 15 is 0 Å². The molecule has 2 nitrogen and oxygen atoms in total. The van der Waals surface area contributed by atoms with Gasteiger partial charge in [0.25, 0.3) is 0 Å². The zero-order valence-corrected chi connectivity index (χ0v) is 36.6. The molecule has 1 aromatic heterocycles. The van der Waals surface area contributed by atoms with Gasteiger partial charge in [0.1, 0.15) is 0 Å². The molecule has 1 aliphatic rings. The first-order valence-corrected chi connectivity index (χ1v) is 24.5. The van der Waals surface area contributed by atoms with E-state index in [0.29, 0.717) is 0 Å². The van der Waals surface area contributed by atoms with Crippen molar-refractivity contribution >= 4 is 89.2 Å². The predicted molar refractivity (Wildman–Crippen MR) is 279 cm³/mol. The van der Waals surface area contributed by atoms with Crippen LogP contribution in [0, 0.1) is 0 Å². The van der Waals surface area contributed by atoms with Crippen LogP contribution in [0.15, 0.2) is 255 Å². The lowest BCUT2D eigenvalue weighted by atomic mass is 9.97. The van der Waals surface area contributed by atoms with Gasteiger partial charge in [-0.2, -0.15) is 0 Å². The molecular formula is C62H42N2Si. The first kappa shape index (κ1) is 37.3. The molecule has 12 aromatic rings. The van der Waals surface area contributed by atoms with Gasteiger partial charge in [0.15, 0.2) is 8.07 Å². The van der Waals surface area contributed by atoms with Gasteiger partial charge in [0.05, 0.1) is 16.7 Å². The largest absolute Gasteiger partial charge is 0.310 e. The molecule has 0 fully saturated rings. The summed E-state index contributed by atoms with van der Waals surface area (Å²) in [4.78, 5) is 2.50. The molecule has 1 aliphatic heterocycles. The Morgan fingerprint density at radius 1 is 0.338 bits per heavy atom. The molecule has 65 heavy (non-hydrogen) atoms. The number of fused-ring (bicyclic) bond motifs is 9. The molecule has 13 rings (SSSR count). The third-order valence-electron chi connectivity index (χ3n) is 13.8. The normalized spacial score (nSPS) is 12.7. The van der Waals surface area contributed by atoms with Gasteiger partial charge in [-0.15, -0.1) is 0 Å². The van der Waals surface area contributed by atoms with Crippen molar-refractivity contribution in [3.63, 3.8) is 0 Å². The van der Waals surface area contributed by atoms with Crippen LogP contribution in [-0.4, -0.2) is 12.6 Å². The van der Waals surface area contributed by atoms with Crippen LogP contribution in [-0.2, 0) is 0 Å². The third-order valence-corrected chi connectivity index (χ3v) is 18.7. The van der Waals surface area contributed by atoms with Crippen molar-refractivity contribution in [2.24, 2.45) is 0 Å². The summed E-state index contributed by atoms with van der Waals surface area (Å²) < 4.78 is 2.40. The Bertz CT molecular complexity index is 3720. The number of nitrogens with zero attached hydrogens (tertiary/aromatic N) is 2. The van der Waals surface area contributed by atoms with E-state index in [1.54, 1.807) is 0 Å². The molecule has 0 spiro atoms. The van der Waals surface area contributed by atoms with Crippen LogP contribution >= 0.6 is 0 Å². The molecule has 304 valence electrons. The molecule has 11 aromatic carbocycles. The van der Waals surface area contributed by atoms with Gasteiger partial charge in [-0.3, -0.25) is 0 Å². The molecule has 0 saturated carbocycles. The number of rotatable bonds is 7. The van der Waals surface area contributed by atoms with Crippen molar-refractivity contribution < 1.29 is 0 Å². The summed E-state index contributed by atoms with van der Waals surface area (Å²) in [6.07, 6.45) is 0. The minimum Gasteiger partial charge on any atom is -0.310 e. The topological polar surface area (TPSA) is 8.17 Å². The first-order valence-electron chi connectivity index (χ1n) is 22.5. The van der Waals surface area contributed by atoms with Gasteiger partial charge in [-0.05, 0) is 114 Å². The SMILES string of the molecule is c1ccc(-n2c3ccccc3c3c(-c4ccc(N(c5ccc6c(c5)-c5ccccc5[Si]6(c5ccccc5)c5ccccc5)c5cc6ccccc6c6ccccc56)cc4)cccc32)cc1. The van der Waals surface area contributed by atoms with Crippen molar-refractivity contribution in [1.29, 1.82) is 0 Å². The van der Waals surface area contributed by atoms with Gasteiger partial charge in [0, 0.05) is 33.2 Å². The predicted octanol–water partition coefficient (Wildman–Crippen LogP) is 13.6. The zero-order chi connectivity index (χ0) is 42.9. The van der Waals surface area contributed by atoms with Crippen LogP contribution in [0.1, 0.15) is 0 Å². The maximum absolute atomic E-state index is 2.65. The average molecular weight is 843 g/mol. The van der Waals surface area contributed by atoms with E-state index in [0.717, 1.165) is 22.7 Å². The maximum atomic E-state index is 2.50. The lowest BCUT2D eigenvalue weighted by Gasteiger charge is -2.32. The third kappa shape index (κ3) is 5.66. The highest BCUT2D eigenvalue weighted by atomic mass is 28.3. The quantitative estimate of drug-likeness (QED) is 0.115. The molecule has 0 amide bonds. The first-order chi connectivity index (χ1) is 32.3. The molecular weight excluding hydrogens is 801 g/mol. The number of aromatic nitrogens is 1. The fourth-order valence-corrected chi connectivity index (χ4v) is 16.3. The van der Waals surface area contributed by atoms with E-state index in [4.69, 9.17) is 0 Å². The highest BCUT2D eigenvalue weighted by molar-refractivity contribution is 7.22. The van der Waals surface area contributed by atoms with Crippen LogP contribution < -0.4 is 25.6 Å². The van der Waals surface area contributed by atoms with E-state index in [9.17, 15) is 0 Å². The summed E-state index contributed by atoms with van der Waals surface area (Å²) in [7, 11) is -2.65. The minimum absolute atomic E-state index is 1.11. The molecule has 0 radical (unpaired) electrons. The molecule has 0 saturated heterocycles. The Morgan fingerprint density at radius 2 is 0.892 bits per heavy atom. The van der Waals surface area contributed by atoms with Gasteiger partial charge in [-0.25, -0.2) is 0 Å². The van der Waals surface area contributed by atoms with Crippen molar-refractivity contribution in [1.82, 2.24) is 4.57 Å². The van der Waals surface area contributed by atoms with Gasteiger partial charge < -0.3 is 9.47 Å². The molecule has 0 aliphatic carbocycles. The van der Waals surface area contributed by atoms with E-state index in [1.165, 1.54) is 86.4 Å². The second kappa shape index (κ2) is 14.9. The van der Waals surface area contributed by atoms with Crippen molar-refractivity contribution in [3.8, 4) is 27.9 Å². The summed E-state index contributed by atoms with van der Waals surface area (Å²) in [6.45, 7) is 0. The lowest BCUT2D eigenvalue weighted by Crippen LogP contribution is -2.72. The Hall–Kier alpha value is -8.24.